The summed E-state index contributed by atoms with van der Waals surface area (Å²) in [5.74, 6) is 0. The van der Waals surface area contributed by atoms with Crippen LogP contribution in [-0.4, -0.2) is 8.07 Å². The monoisotopic (exact) mass is 422 g/mol. The van der Waals surface area contributed by atoms with Crippen LogP contribution in [0.15, 0.2) is 29.0 Å². The molecule has 1 aliphatic carbocycles. The molecule has 126 valence electrons. The number of rotatable bonds is 3. The van der Waals surface area contributed by atoms with Gasteiger partial charge in [-0.15, -0.1) is 6.42 Å². The first-order chi connectivity index (χ1) is 8.80. The Balaban J connectivity index is -0.000001000. The first kappa shape index (κ1) is 28.3. The van der Waals surface area contributed by atoms with E-state index in [1.54, 1.807) is 5.20 Å². The molecule has 23 heavy (non-hydrogen) atoms. The van der Waals surface area contributed by atoms with Crippen molar-refractivity contribution >= 4 is 8.07 Å². The number of halogens is 3. The second-order valence-electron chi connectivity index (χ2n) is 6.70. The summed E-state index contributed by atoms with van der Waals surface area (Å²) in [7, 11) is -1.22. The number of benzene rings is 1. The Morgan fingerprint density at radius 2 is 1.52 bits per heavy atom. The molecular formula is C18H25Cl3SiTi. The maximum atomic E-state index is 3.58. The van der Waals surface area contributed by atoms with E-state index in [0.29, 0.717) is 0 Å². The van der Waals surface area contributed by atoms with Gasteiger partial charge < -0.3 is 37.2 Å². The van der Waals surface area contributed by atoms with Gasteiger partial charge >= 0.3 is 21.7 Å². The predicted molar refractivity (Wildman–Crippen MR) is 87.2 cm³/mol. The van der Waals surface area contributed by atoms with E-state index in [9.17, 15) is 0 Å². The summed E-state index contributed by atoms with van der Waals surface area (Å²) in [5.41, 5.74) is 7.22. The van der Waals surface area contributed by atoms with Crippen molar-refractivity contribution < 1.29 is 58.9 Å². The van der Waals surface area contributed by atoms with Crippen molar-refractivity contribution in [2.45, 2.75) is 53.3 Å². The maximum Gasteiger partial charge on any atom is 4.00 e. The first-order valence-electron chi connectivity index (χ1n) is 7.17. The second-order valence-corrected chi connectivity index (χ2v) is 11.7. The van der Waals surface area contributed by atoms with Crippen molar-refractivity contribution in [1.29, 1.82) is 0 Å². The minimum absolute atomic E-state index is 0. The Hall–Kier alpha value is 0.501. The molecule has 0 heterocycles. The van der Waals surface area contributed by atoms with Gasteiger partial charge in [0.25, 0.3) is 0 Å². The molecule has 5 heteroatoms. The zero-order chi connectivity index (χ0) is 14.2. The van der Waals surface area contributed by atoms with Crippen LogP contribution in [0, 0.1) is 26.8 Å². The summed E-state index contributed by atoms with van der Waals surface area (Å²) >= 11 is 0. The Morgan fingerprint density at radius 3 is 2.04 bits per heavy atom. The van der Waals surface area contributed by atoms with Gasteiger partial charge in [0.2, 0.25) is 0 Å². The summed E-state index contributed by atoms with van der Waals surface area (Å²) in [6.07, 6.45) is 8.05. The van der Waals surface area contributed by atoms with E-state index in [4.69, 9.17) is 0 Å². The van der Waals surface area contributed by atoms with Crippen LogP contribution in [-0.2, 0) is 28.1 Å². The summed E-state index contributed by atoms with van der Waals surface area (Å²) in [6, 6.07) is 4.55. The third kappa shape index (κ3) is 6.72. The van der Waals surface area contributed by atoms with Crippen LogP contribution >= 0.6 is 0 Å². The quantitative estimate of drug-likeness (QED) is 0.345. The Bertz CT molecular complexity index is 572. The SMILES string of the molecule is Cc1ccc(CC2=[C-]CC=C2[Si](C)(C)C)c(C)c1C.[Cl-].[Cl-].[Cl-].[Ti+4]. The van der Waals surface area contributed by atoms with Crippen molar-refractivity contribution in [3.8, 4) is 0 Å². The Kier molecular flexibility index (Phi) is 13.8. The maximum absolute atomic E-state index is 3.58. The average molecular weight is 424 g/mol. The standard InChI is InChI=1S/C18H25Si.3ClH.Ti/c1-13-10-11-16(15(3)14(13)2)12-17-8-7-9-18(17)19(4,5)6;;;;/h9-11H,7,12H2,1-6H3;3*1H;/q-1;;;;+4/p-3. The summed E-state index contributed by atoms with van der Waals surface area (Å²) in [4.78, 5) is 0. The fourth-order valence-electron chi connectivity index (χ4n) is 2.81. The van der Waals surface area contributed by atoms with Crippen LogP contribution in [0.1, 0.15) is 28.7 Å². The van der Waals surface area contributed by atoms with E-state index in [-0.39, 0.29) is 58.9 Å². The zero-order valence-electron chi connectivity index (χ0n) is 14.8. The first-order valence-corrected chi connectivity index (χ1v) is 10.7. The van der Waals surface area contributed by atoms with E-state index in [2.05, 4.69) is 64.7 Å². The van der Waals surface area contributed by atoms with Crippen LogP contribution in [0.25, 0.3) is 0 Å². The van der Waals surface area contributed by atoms with Gasteiger partial charge in [0.05, 0.1) is 0 Å². The molecule has 0 saturated heterocycles. The summed E-state index contributed by atoms with van der Waals surface area (Å²) < 4.78 is 0. The molecule has 0 atom stereocenters. The largest absolute Gasteiger partial charge is 4.00 e. The molecule has 0 N–H and O–H groups in total. The topological polar surface area (TPSA) is 0 Å². The van der Waals surface area contributed by atoms with Crippen LogP contribution in [0.5, 0.6) is 0 Å². The molecule has 0 nitrogen and oxygen atoms in total. The molecular weight excluding hydrogens is 399 g/mol. The molecule has 1 aromatic carbocycles. The van der Waals surface area contributed by atoms with Crippen molar-refractivity contribution in [2.24, 2.45) is 0 Å². The number of hydrogen-bond donors (Lipinski definition) is 0. The second kappa shape index (κ2) is 11.2. The zero-order valence-corrected chi connectivity index (χ0v) is 19.6. The van der Waals surface area contributed by atoms with Gasteiger partial charge in [-0.05, 0) is 57.5 Å². The van der Waals surface area contributed by atoms with Crippen LogP contribution < -0.4 is 37.2 Å². The molecule has 0 aliphatic heterocycles. The van der Waals surface area contributed by atoms with Crippen molar-refractivity contribution in [3.05, 3.63) is 57.3 Å². The predicted octanol–water partition coefficient (Wildman–Crippen LogP) is -3.90. The molecule has 1 aromatic rings. The molecule has 0 bridgehead atoms. The minimum Gasteiger partial charge on any atom is -1.00 e. The van der Waals surface area contributed by atoms with Crippen LogP contribution in [0.4, 0.5) is 0 Å². The number of hydrogen-bond acceptors (Lipinski definition) is 0. The molecule has 0 fully saturated rings. The molecule has 2 rings (SSSR count). The van der Waals surface area contributed by atoms with Crippen molar-refractivity contribution in [2.75, 3.05) is 0 Å². The molecule has 0 saturated carbocycles. The van der Waals surface area contributed by atoms with Crippen LogP contribution in [0.3, 0.4) is 0 Å². The van der Waals surface area contributed by atoms with E-state index in [0.717, 1.165) is 12.8 Å². The van der Waals surface area contributed by atoms with E-state index < -0.39 is 8.07 Å². The van der Waals surface area contributed by atoms with Gasteiger partial charge in [0, 0.05) is 0 Å². The fraction of sp³-hybridized carbons (Fsp3) is 0.444. The third-order valence-corrected chi connectivity index (χ3v) is 6.41. The third-order valence-electron chi connectivity index (χ3n) is 4.29. The Labute approximate surface area is 176 Å². The smallest absolute Gasteiger partial charge is 1.00 e. The van der Waals surface area contributed by atoms with Gasteiger partial charge in [0.15, 0.2) is 0 Å². The van der Waals surface area contributed by atoms with E-state index in [1.807, 2.05) is 0 Å². The van der Waals surface area contributed by atoms with Gasteiger partial charge in [-0.2, -0.15) is 6.08 Å². The molecule has 0 aromatic heterocycles. The fourth-order valence-corrected chi connectivity index (χ4v) is 4.60. The molecule has 0 amide bonds. The normalized spacial score (nSPS) is 12.8. The number of allylic oxidation sites excluding steroid dienone is 4. The molecule has 0 unspecified atom stereocenters. The van der Waals surface area contributed by atoms with Crippen molar-refractivity contribution in [1.82, 2.24) is 0 Å². The Morgan fingerprint density at radius 1 is 0.957 bits per heavy atom. The number of aryl methyl sites for hydroxylation is 1. The average Bonchev–Trinajstić information content (AvgIpc) is 2.78. The molecule has 0 spiro atoms. The minimum atomic E-state index is -1.22. The van der Waals surface area contributed by atoms with Crippen molar-refractivity contribution in [3.63, 3.8) is 0 Å². The van der Waals surface area contributed by atoms with Gasteiger partial charge in [-0.25, -0.2) is 10.8 Å². The van der Waals surface area contributed by atoms with Gasteiger partial charge in [-0.1, -0.05) is 31.8 Å². The van der Waals surface area contributed by atoms with Gasteiger partial charge in [0.1, 0.15) is 0 Å². The van der Waals surface area contributed by atoms with E-state index in [1.165, 1.54) is 27.8 Å². The summed E-state index contributed by atoms with van der Waals surface area (Å²) in [5, 5.41) is 1.62. The molecule has 0 radical (unpaired) electrons. The van der Waals surface area contributed by atoms with E-state index >= 15 is 0 Å². The van der Waals surface area contributed by atoms with Gasteiger partial charge in [-0.3, -0.25) is 6.08 Å². The molecule has 1 aliphatic rings. The van der Waals surface area contributed by atoms with Crippen LogP contribution in [0.2, 0.25) is 19.6 Å². The summed E-state index contributed by atoms with van der Waals surface area (Å²) in [6.45, 7) is 14.0.